The zero-order valence-corrected chi connectivity index (χ0v) is 10.9. The zero-order valence-electron chi connectivity index (χ0n) is 10.9. The summed E-state index contributed by atoms with van der Waals surface area (Å²) in [7, 11) is 0. The number of nitrogens with zero attached hydrogens (tertiary/aromatic N) is 1. The van der Waals surface area contributed by atoms with E-state index in [1.165, 1.54) is 0 Å². The van der Waals surface area contributed by atoms with Crippen molar-refractivity contribution in [1.29, 1.82) is 0 Å². The fourth-order valence-corrected chi connectivity index (χ4v) is 1.37. The van der Waals surface area contributed by atoms with Gasteiger partial charge in [-0.05, 0) is 45.4 Å². The third-order valence-electron chi connectivity index (χ3n) is 2.36. The number of amides is 1. The predicted octanol–water partition coefficient (Wildman–Crippen LogP) is 1.65. The minimum Gasteiger partial charge on any atom is -0.348 e. The molecule has 94 valence electrons. The van der Waals surface area contributed by atoms with Gasteiger partial charge in [0.2, 0.25) is 5.91 Å². The number of hydrogen-bond acceptors (Lipinski definition) is 3. The van der Waals surface area contributed by atoms with Gasteiger partial charge in [-0.3, -0.25) is 9.78 Å². The first-order chi connectivity index (χ1) is 7.88. The number of nitrogens with one attached hydrogen (secondary N) is 2. The van der Waals surface area contributed by atoms with Crippen molar-refractivity contribution in [2.75, 3.05) is 6.54 Å². The minimum absolute atomic E-state index is 0.00392. The minimum atomic E-state index is -0.0444. The van der Waals surface area contributed by atoms with Crippen LogP contribution in [0.3, 0.4) is 0 Å². The molecule has 1 atom stereocenters. The van der Waals surface area contributed by atoms with Gasteiger partial charge in [0.1, 0.15) is 0 Å². The van der Waals surface area contributed by atoms with Crippen molar-refractivity contribution in [3.63, 3.8) is 0 Å². The smallest absolute Gasteiger partial charge is 0.234 e. The standard InChI is InChI=1S/C13H21N3O/c1-10(11-5-7-14-8-6-11)16-12(17)9-15-13(2,3)4/h5-8,10,15H,9H2,1-4H3,(H,16,17)/t10-/m0/s1. The van der Waals surface area contributed by atoms with Crippen LogP contribution in [0.1, 0.15) is 39.3 Å². The van der Waals surface area contributed by atoms with E-state index in [9.17, 15) is 4.79 Å². The van der Waals surface area contributed by atoms with E-state index >= 15 is 0 Å². The Hall–Kier alpha value is -1.42. The Bertz CT molecular complexity index is 357. The molecule has 0 spiro atoms. The summed E-state index contributed by atoms with van der Waals surface area (Å²) < 4.78 is 0. The third kappa shape index (κ3) is 5.45. The highest BCUT2D eigenvalue weighted by Crippen LogP contribution is 2.09. The summed E-state index contributed by atoms with van der Waals surface area (Å²) in [5.41, 5.74) is 1.01. The summed E-state index contributed by atoms with van der Waals surface area (Å²) in [5.74, 6) is 0.00392. The van der Waals surface area contributed by atoms with Crippen LogP contribution in [0.2, 0.25) is 0 Å². The van der Waals surface area contributed by atoms with Crippen molar-refractivity contribution in [2.24, 2.45) is 0 Å². The molecule has 1 amide bonds. The van der Waals surface area contributed by atoms with Gasteiger partial charge in [0, 0.05) is 17.9 Å². The van der Waals surface area contributed by atoms with Crippen molar-refractivity contribution in [3.8, 4) is 0 Å². The molecule has 0 aromatic carbocycles. The second-order valence-corrected chi connectivity index (χ2v) is 5.17. The average Bonchev–Trinajstić information content (AvgIpc) is 2.27. The molecule has 0 saturated carbocycles. The van der Waals surface area contributed by atoms with Crippen LogP contribution in [0.15, 0.2) is 24.5 Å². The summed E-state index contributed by atoms with van der Waals surface area (Å²) in [4.78, 5) is 15.6. The van der Waals surface area contributed by atoms with E-state index in [2.05, 4.69) is 15.6 Å². The lowest BCUT2D eigenvalue weighted by Crippen LogP contribution is -2.43. The Morgan fingerprint density at radius 1 is 1.35 bits per heavy atom. The fraction of sp³-hybridized carbons (Fsp3) is 0.538. The number of pyridine rings is 1. The molecule has 2 N–H and O–H groups in total. The van der Waals surface area contributed by atoms with Crippen LogP contribution >= 0.6 is 0 Å². The molecule has 0 fully saturated rings. The van der Waals surface area contributed by atoms with Crippen molar-refractivity contribution in [3.05, 3.63) is 30.1 Å². The Kier molecular flexibility index (Phi) is 4.63. The quantitative estimate of drug-likeness (QED) is 0.834. The Morgan fingerprint density at radius 2 is 1.94 bits per heavy atom. The first-order valence-electron chi connectivity index (χ1n) is 5.83. The maximum atomic E-state index is 11.7. The second-order valence-electron chi connectivity index (χ2n) is 5.17. The highest BCUT2D eigenvalue weighted by molar-refractivity contribution is 5.78. The fourth-order valence-electron chi connectivity index (χ4n) is 1.37. The molecule has 0 aliphatic heterocycles. The van der Waals surface area contributed by atoms with Gasteiger partial charge < -0.3 is 10.6 Å². The molecule has 0 aliphatic rings. The molecule has 0 radical (unpaired) electrons. The van der Waals surface area contributed by atoms with Crippen LogP contribution in [-0.2, 0) is 4.79 Å². The molecular weight excluding hydrogens is 214 g/mol. The van der Waals surface area contributed by atoms with E-state index in [0.29, 0.717) is 6.54 Å². The molecule has 1 aromatic rings. The van der Waals surface area contributed by atoms with E-state index in [1.807, 2.05) is 39.8 Å². The molecule has 0 saturated heterocycles. The van der Waals surface area contributed by atoms with Gasteiger partial charge in [0.15, 0.2) is 0 Å². The molecule has 17 heavy (non-hydrogen) atoms. The molecule has 4 heteroatoms. The maximum absolute atomic E-state index is 11.7. The van der Waals surface area contributed by atoms with E-state index < -0.39 is 0 Å². The lowest BCUT2D eigenvalue weighted by atomic mass is 10.1. The van der Waals surface area contributed by atoms with Crippen LogP contribution < -0.4 is 10.6 Å². The molecule has 0 unspecified atom stereocenters. The summed E-state index contributed by atoms with van der Waals surface area (Å²) in [6, 6.07) is 3.82. The molecule has 1 aromatic heterocycles. The van der Waals surface area contributed by atoms with Crippen LogP contribution in [0.5, 0.6) is 0 Å². The van der Waals surface area contributed by atoms with Crippen LogP contribution in [0, 0.1) is 0 Å². The maximum Gasteiger partial charge on any atom is 0.234 e. The van der Waals surface area contributed by atoms with Gasteiger partial charge in [-0.15, -0.1) is 0 Å². The molecule has 0 aliphatic carbocycles. The number of hydrogen-bond donors (Lipinski definition) is 2. The third-order valence-corrected chi connectivity index (χ3v) is 2.36. The Balaban J connectivity index is 2.42. The van der Waals surface area contributed by atoms with E-state index in [4.69, 9.17) is 0 Å². The summed E-state index contributed by atoms with van der Waals surface area (Å²) in [5, 5.41) is 6.09. The van der Waals surface area contributed by atoms with Crippen LogP contribution in [0.4, 0.5) is 0 Å². The van der Waals surface area contributed by atoms with E-state index in [0.717, 1.165) is 5.56 Å². The lowest BCUT2D eigenvalue weighted by Gasteiger charge is -2.21. The molecular formula is C13H21N3O. The van der Waals surface area contributed by atoms with Gasteiger partial charge in [-0.2, -0.15) is 0 Å². The topological polar surface area (TPSA) is 54.0 Å². The highest BCUT2D eigenvalue weighted by atomic mass is 16.1. The Labute approximate surface area is 103 Å². The zero-order chi connectivity index (χ0) is 12.9. The summed E-state index contributed by atoms with van der Waals surface area (Å²) in [6.45, 7) is 8.40. The summed E-state index contributed by atoms with van der Waals surface area (Å²) >= 11 is 0. The number of carbonyl (C=O) groups excluding carboxylic acids is 1. The van der Waals surface area contributed by atoms with Crippen molar-refractivity contribution < 1.29 is 4.79 Å². The number of rotatable bonds is 4. The van der Waals surface area contributed by atoms with E-state index in [1.54, 1.807) is 12.4 Å². The first-order valence-corrected chi connectivity index (χ1v) is 5.83. The molecule has 4 nitrogen and oxygen atoms in total. The molecule has 1 rings (SSSR count). The average molecular weight is 235 g/mol. The van der Waals surface area contributed by atoms with E-state index in [-0.39, 0.29) is 17.5 Å². The largest absolute Gasteiger partial charge is 0.348 e. The van der Waals surface area contributed by atoms with Crippen molar-refractivity contribution >= 4 is 5.91 Å². The predicted molar refractivity (Wildman–Crippen MR) is 68.6 cm³/mol. The summed E-state index contributed by atoms with van der Waals surface area (Å²) in [6.07, 6.45) is 3.46. The van der Waals surface area contributed by atoms with Crippen molar-refractivity contribution in [1.82, 2.24) is 15.6 Å². The SMILES string of the molecule is C[C@H](NC(=O)CNC(C)(C)C)c1ccncc1. The first kappa shape index (κ1) is 13.6. The monoisotopic (exact) mass is 235 g/mol. The van der Waals surface area contributed by atoms with Gasteiger partial charge in [0.05, 0.1) is 12.6 Å². The van der Waals surface area contributed by atoms with Gasteiger partial charge in [-0.1, -0.05) is 0 Å². The molecule has 0 bridgehead atoms. The number of carbonyl (C=O) groups is 1. The lowest BCUT2D eigenvalue weighted by molar-refractivity contribution is -0.121. The number of aromatic nitrogens is 1. The van der Waals surface area contributed by atoms with Crippen LogP contribution in [-0.4, -0.2) is 23.0 Å². The van der Waals surface area contributed by atoms with Crippen molar-refractivity contribution in [2.45, 2.75) is 39.3 Å². The molecule has 1 heterocycles. The Morgan fingerprint density at radius 3 is 2.47 bits per heavy atom. The van der Waals surface area contributed by atoms with Gasteiger partial charge in [0.25, 0.3) is 0 Å². The van der Waals surface area contributed by atoms with Gasteiger partial charge in [-0.25, -0.2) is 0 Å². The highest BCUT2D eigenvalue weighted by Gasteiger charge is 2.13. The second kappa shape index (κ2) is 5.77. The van der Waals surface area contributed by atoms with Crippen LogP contribution in [0.25, 0.3) is 0 Å². The normalized spacial score (nSPS) is 13.2. The van der Waals surface area contributed by atoms with Gasteiger partial charge >= 0.3 is 0 Å².